The van der Waals surface area contributed by atoms with Gasteiger partial charge in [0.1, 0.15) is 11.7 Å². The average Bonchev–Trinajstić information content (AvgIpc) is 1.58. The summed E-state index contributed by atoms with van der Waals surface area (Å²) in [6, 6.07) is 13.3. The molecule has 0 aromatic heterocycles. The summed E-state index contributed by atoms with van der Waals surface area (Å²) in [6.07, 6.45) is -0.0703. The Balaban J connectivity index is -0.0000000691. The fourth-order valence-electron chi connectivity index (χ4n) is 11.1. The topological polar surface area (TPSA) is 105 Å². The van der Waals surface area contributed by atoms with Gasteiger partial charge in [-0.3, -0.25) is 19.2 Å². The van der Waals surface area contributed by atoms with Crippen LogP contribution in [0.4, 0.5) is 48.3 Å². The highest BCUT2D eigenvalue weighted by molar-refractivity contribution is 6.76. The average molecular weight is 1700 g/mol. The third-order valence-corrected chi connectivity index (χ3v) is 24.2. The number of ether oxygens (including phenoxy) is 4. The predicted octanol–water partition coefficient (Wildman–Crippen LogP) is 34.4. The smallest absolute Gasteiger partial charge is 0.425 e. The number of carbonyl (C=O) groups excluding carboxylic acids is 4. The van der Waals surface area contributed by atoms with Crippen molar-refractivity contribution in [2.45, 2.75) is 441 Å². The molecule has 3 saturated carbocycles. The van der Waals surface area contributed by atoms with E-state index in [0.29, 0.717) is 30.8 Å². The lowest BCUT2D eigenvalue weighted by Crippen LogP contribution is -2.45. The van der Waals surface area contributed by atoms with E-state index in [-0.39, 0.29) is 139 Å². The molecule has 0 saturated heterocycles. The zero-order valence-electron chi connectivity index (χ0n) is 67.2. The van der Waals surface area contributed by atoms with Crippen LogP contribution in [0.1, 0.15) is 370 Å². The maximum atomic E-state index is 13.1. The Morgan fingerprint density at radius 1 is 0.474 bits per heavy atom. The van der Waals surface area contributed by atoms with E-state index in [1.807, 2.05) is 41.5 Å². The zero-order valence-corrected chi connectivity index (χ0v) is 69.2. The van der Waals surface area contributed by atoms with Crippen molar-refractivity contribution in [2.24, 2.45) is 62.6 Å². The summed E-state index contributed by atoms with van der Waals surface area (Å²) < 4.78 is 158. The van der Waals surface area contributed by atoms with Crippen LogP contribution in [0.5, 0.6) is 0 Å². The van der Waals surface area contributed by atoms with Crippen molar-refractivity contribution in [3.63, 3.8) is 0 Å². The van der Waals surface area contributed by atoms with Crippen LogP contribution in [0, 0.1) is 91.7 Å². The SMILES string of the molecule is C.C.C.C.C.C.C.C.C.C.C.C.C.C.CC1C2CC(C[Si](C)(C)C)C(C2)C1C.CCC(C)(C(=O)OC(C)(C)C)C(F)(F)F.CCC(C)(C)C(=O)OC(C)C(F)(F)F.CCC(C)(C)C(=O)OC1CCC(C(C)(C)C)CC1.CCC(C)(C)C(=O)OCC[Si](C)(C)C.CCC(C)c1c(F)c(F)c(F)c(F)c1F.CCC(C)c1ccccc1. The van der Waals surface area contributed by atoms with Gasteiger partial charge in [0.05, 0.1) is 22.9 Å². The number of benzene rings is 2. The summed E-state index contributed by atoms with van der Waals surface area (Å²) >= 11 is 0. The molecule has 9 unspecified atom stereocenters. The van der Waals surface area contributed by atoms with E-state index in [2.05, 4.69) is 123 Å². The number of halogens is 11. The largest absolute Gasteiger partial charge is 0.466 e. The third kappa shape index (κ3) is 50.8. The van der Waals surface area contributed by atoms with Crippen LogP contribution in [-0.4, -0.2) is 76.8 Å². The predicted molar refractivity (Wildman–Crippen MR) is 485 cm³/mol. The Labute approximate surface area is 703 Å². The Morgan fingerprint density at radius 2 is 0.851 bits per heavy atom. The summed E-state index contributed by atoms with van der Waals surface area (Å²) in [4.78, 5) is 46.2. The molecule has 114 heavy (non-hydrogen) atoms. The lowest BCUT2D eigenvalue weighted by atomic mass is 9.72. The number of rotatable bonds is 19. The molecule has 3 aliphatic rings. The second-order valence-corrected chi connectivity index (χ2v) is 46.0. The highest BCUT2D eigenvalue weighted by Crippen LogP contribution is 2.57. The van der Waals surface area contributed by atoms with Crippen LogP contribution in [0.2, 0.25) is 51.4 Å². The molecule has 0 N–H and O–H groups in total. The van der Waals surface area contributed by atoms with Gasteiger partial charge >= 0.3 is 36.2 Å². The van der Waals surface area contributed by atoms with E-state index in [1.54, 1.807) is 46.6 Å². The van der Waals surface area contributed by atoms with Gasteiger partial charge in [-0.1, -0.05) is 270 Å². The van der Waals surface area contributed by atoms with Gasteiger partial charge in [0.15, 0.2) is 34.8 Å². The maximum Gasteiger partial charge on any atom is 0.425 e. The lowest BCUT2D eigenvalue weighted by molar-refractivity contribution is -0.236. The summed E-state index contributed by atoms with van der Waals surface area (Å²) in [5.74, 6) is -5.35. The fourth-order valence-corrected chi connectivity index (χ4v) is 13.8. The van der Waals surface area contributed by atoms with Crippen molar-refractivity contribution in [1.29, 1.82) is 0 Å². The first kappa shape index (κ1) is 148. The molecule has 0 spiro atoms. The minimum absolute atomic E-state index is 0. The first-order chi connectivity index (χ1) is 45.0. The highest BCUT2D eigenvalue weighted by Gasteiger charge is 2.57. The maximum absolute atomic E-state index is 13.1. The number of alkyl halides is 6. The Kier molecular flexibility index (Phi) is 80.6. The second kappa shape index (κ2) is 62.2. The van der Waals surface area contributed by atoms with Crippen LogP contribution in [0.3, 0.4) is 0 Å². The van der Waals surface area contributed by atoms with Gasteiger partial charge < -0.3 is 18.9 Å². The van der Waals surface area contributed by atoms with Crippen molar-refractivity contribution in [3.05, 3.63) is 70.5 Å². The Morgan fingerprint density at radius 3 is 1.16 bits per heavy atom. The molecule has 0 radical (unpaired) electrons. The number of esters is 4. The highest BCUT2D eigenvalue weighted by atomic mass is 28.3. The van der Waals surface area contributed by atoms with E-state index in [4.69, 9.17) is 14.2 Å². The molecule has 0 aliphatic heterocycles. The molecule has 5 rings (SSSR count). The monoisotopic (exact) mass is 1700 g/mol. The molecule has 8 nitrogen and oxygen atoms in total. The van der Waals surface area contributed by atoms with Crippen LogP contribution < -0.4 is 0 Å². The van der Waals surface area contributed by atoms with Crippen LogP contribution in [0.25, 0.3) is 0 Å². The van der Waals surface area contributed by atoms with Crippen molar-refractivity contribution >= 4 is 40.0 Å². The lowest BCUT2D eigenvalue weighted by Gasteiger charge is -2.37. The van der Waals surface area contributed by atoms with Gasteiger partial charge in [0, 0.05) is 21.7 Å². The number of fused-ring (bicyclic) bond motifs is 2. The molecule has 21 heteroatoms. The standard InChI is InChI=1S/C16H30O2.C13H26Si.C11H24O2Si.C10H9F5.C10H17F3O2.C10H14.C9H15F3O2.14CH4/c1-7-16(5,6)14(17)18-13-10-8-12(9-11-13)15(2,3)4;1-9-10(2)13-7-11(9)6-12(13)8-14(3,4)5;1-7-11(2,3)10(12)13-8-9-14(4,5)6;1-3-4(2)5-6(11)8(13)10(15)9(14)7(5)12;1-6-9(5,10(11,12)13)7(14)15-8(2,3)4;1-3-9(2)10-7-5-4-6-8-10;1-5-8(3,4)7(13)14-6(2)9(10,11)12;;;;;;;;;;;;;;/h12-13H,7-11H2,1-6H3;9-13H,6-8H2,1-5H3;7-9H2,1-6H3;4H,3H2,1-2H3;6H2,1-5H3;4-9H,3H2,1-2H3;6H,5H2,1-4H3;14*1H4. The Bertz CT molecular complexity index is 2730. The van der Waals surface area contributed by atoms with Crippen molar-refractivity contribution in [1.82, 2.24) is 0 Å². The third-order valence-electron chi connectivity index (χ3n) is 20.7. The summed E-state index contributed by atoms with van der Waals surface area (Å²) in [6.45, 7) is 58.8. The van der Waals surface area contributed by atoms with E-state index in [1.165, 1.54) is 59.4 Å². The number of hydrogen-bond donors (Lipinski definition) is 0. The van der Waals surface area contributed by atoms with Gasteiger partial charge in [-0.2, -0.15) is 26.3 Å². The van der Waals surface area contributed by atoms with Crippen molar-refractivity contribution in [2.75, 3.05) is 6.61 Å². The number of hydrogen-bond acceptors (Lipinski definition) is 8. The molecule has 2 aromatic rings. The summed E-state index contributed by atoms with van der Waals surface area (Å²) in [5, 5.41) is 0. The van der Waals surface area contributed by atoms with Crippen molar-refractivity contribution < 1.29 is 86.4 Å². The Hall–Kier alpha value is -4.02. The first-order valence-electron chi connectivity index (χ1n) is 36.6. The molecule has 0 amide bonds. The molecule has 3 aliphatic carbocycles. The molecule has 2 aromatic carbocycles. The quantitative estimate of drug-likeness (QED) is 0.0342. The molecule has 2 bridgehead atoms. The van der Waals surface area contributed by atoms with Crippen LogP contribution in [-0.2, 0) is 38.1 Å². The van der Waals surface area contributed by atoms with E-state index >= 15 is 0 Å². The van der Waals surface area contributed by atoms with Crippen LogP contribution >= 0.6 is 0 Å². The molecule has 3 fully saturated rings. The van der Waals surface area contributed by atoms with Crippen LogP contribution in [0.15, 0.2) is 30.3 Å². The van der Waals surface area contributed by atoms with E-state index in [9.17, 15) is 67.5 Å². The summed E-state index contributed by atoms with van der Waals surface area (Å²) in [5.41, 5.74) is -3.74. The minimum Gasteiger partial charge on any atom is -0.466 e. The van der Waals surface area contributed by atoms with Gasteiger partial charge in [-0.05, 0) is 218 Å². The minimum atomic E-state index is -4.58. The van der Waals surface area contributed by atoms with Gasteiger partial charge in [-0.25, -0.2) is 22.0 Å². The van der Waals surface area contributed by atoms with Gasteiger partial charge in [0.2, 0.25) is 5.82 Å². The van der Waals surface area contributed by atoms with Gasteiger partial charge in [0.25, 0.3) is 0 Å². The van der Waals surface area contributed by atoms with E-state index in [0.717, 1.165) is 81.1 Å². The normalized spacial score (nSPS) is 18.4. The first-order valence-corrected chi connectivity index (χ1v) is 44.0. The van der Waals surface area contributed by atoms with Crippen molar-refractivity contribution in [3.8, 4) is 0 Å². The molecule has 696 valence electrons. The molecular weight excluding hydrogens is 1510 g/mol. The van der Waals surface area contributed by atoms with Gasteiger partial charge in [-0.15, -0.1) is 0 Å². The molecular formula is C93H191F11O8Si2. The zero-order chi connectivity index (χ0) is 79.1. The number of carbonyl (C=O) groups is 4. The summed E-state index contributed by atoms with van der Waals surface area (Å²) in [7, 11) is -1.88. The molecule has 9 atom stereocenters. The fraction of sp³-hybridized carbons (Fsp3) is 0.828. The second-order valence-electron chi connectivity index (χ2n) is 34.8. The van der Waals surface area contributed by atoms with E-state index < -0.39 is 104 Å². The molecule has 0 heterocycles.